The lowest BCUT2D eigenvalue weighted by atomic mass is 9.43. The molecule has 2 bridgehead atoms. The van der Waals surface area contributed by atoms with E-state index in [4.69, 9.17) is 0 Å². The monoisotopic (exact) mass is 196 g/mol. The standard InChI is InChI=1S/C13H12N2/c1-2-4-11-10(3-1)8-14-15-12(11)13-5-9(6-13)7-13/h1-4,8-9H,5-7H2. The quantitative estimate of drug-likeness (QED) is 0.700. The second-order valence-electron chi connectivity index (χ2n) is 5.04. The first-order chi connectivity index (χ1) is 7.37. The molecular weight excluding hydrogens is 184 g/mol. The maximum Gasteiger partial charge on any atom is 0.0771 e. The molecule has 0 N–H and O–H groups in total. The van der Waals surface area contributed by atoms with Crippen molar-refractivity contribution >= 4 is 10.8 Å². The van der Waals surface area contributed by atoms with Crippen molar-refractivity contribution in [1.82, 2.24) is 10.2 Å². The average molecular weight is 196 g/mol. The molecule has 3 aliphatic rings. The number of fused-ring (bicyclic) bond motifs is 1. The fourth-order valence-electron chi connectivity index (χ4n) is 3.19. The number of hydrogen-bond acceptors (Lipinski definition) is 2. The largest absolute Gasteiger partial charge is 0.158 e. The van der Waals surface area contributed by atoms with E-state index in [1.807, 2.05) is 6.20 Å². The first kappa shape index (κ1) is 7.80. The van der Waals surface area contributed by atoms with Crippen LogP contribution in [0.1, 0.15) is 25.0 Å². The highest BCUT2D eigenvalue weighted by atomic mass is 15.1. The minimum absolute atomic E-state index is 0.415. The lowest BCUT2D eigenvalue weighted by Gasteiger charge is -2.61. The lowest BCUT2D eigenvalue weighted by Crippen LogP contribution is -2.55. The Kier molecular flexibility index (Phi) is 1.24. The SMILES string of the molecule is c1ccc2c(C34CC(C3)C4)nncc2c1. The van der Waals surface area contributed by atoms with Crippen LogP contribution in [0.3, 0.4) is 0 Å². The van der Waals surface area contributed by atoms with Crippen molar-refractivity contribution in [3.63, 3.8) is 0 Å². The Morgan fingerprint density at radius 3 is 2.67 bits per heavy atom. The number of aromatic nitrogens is 2. The summed E-state index contributed by atoms with van der Waals surface area (Å²) in [7, 11) is 0. The van der Waals surface area contributed by atoms with Crippen LogP contribution in [0.15, 0.2) is 30.5 Å². The van der Waals surface area contributed by atoms with Gasteiger partial charge in [-0.2, -0.15) is 10.2 Å². The van der Waals surface area contributed by atoms with Gasteiger partial charge in [0, 0.05) is 16.2 Å². The maximum atomic E-state index is 4.39. The molecule has 0 atom stereocenters. The van der Waals surface area contributed by atoms with Crippen LogP contribution in [-0.4, -0.2) is 10.2 Å². The van der Waals surface area contributed by atoms with Gasteiger partial charge in [-0.3, -0.25) is 0 Å². The molecule has 0 radical (unpaired) electrons. The molecule has 74 valence electrons. The first-order valence-electron chi connectivity index (χ1n) is 5.58. The Bertz CT molecular complexity index is 525. The molecule has 1 aromatic carbocycles. The van der Waals surface area contributed by atoms with Gasteiger partial charge in [-0.25, -0.2) is 0 Å². The molecule has 0 spiro atoms. The van der Waals surface area contributed by atoms with E-state index in [-0.39, 0.29) is 0 Å². The zero-order chi connectivity index (χ0) is 9.88. The minimum atomic E-state index is 0.415. The smallest absolute Gasteiger partial charge is 0.0771 e. The molecule has 5 rings (SSSR count). The predicted octanol–water partition coefficient (Wildman–Crippen LogP) is 2.68. The summed E-state index contributed by atoms with van der Waals surface area (Å²) in [5.74, 6) is 0.991. The summed E-state index contributed by atoms with van der Waals surface area (Å²) in [5, 5.41) is 11.1. The molecule has 2 aromatic rings. The first-order valence-corrected chi connectivity index (χ1v) is 5.58. The molecule has 3 saturated carbocycles. The summed E-state index contributed by atoms with van der Waals surface area (Å²) in [6.07, 6.45) is 5.89. The molecule has 0 amide bonds. The number of benzene rings is 1. The van der Waals surface area contributed by atoms with Gasteiger partial charge in [0.25, 0.3) is 0 Å². The molecule has 2 heteroatoms. The van der Waals surface area contributed by atoms with Crippen LogP contribution in [0.4, 0.5) is 0 Å². The highest BCUT2D eigenvalue weighted by Gasteiger charge is 2.59. The Morgan fingerprint density at radius 2 is 1.93 bits per heavy atom. The van der Waals surface area contributed by atoms with Crippen LogP contribution in [0.25, 0.3) is 10.8 Å². The Hall–Kier alpha value is -1.44. The zero-order valence-corrected chi connectivity index (χ0v) is 8.48. The fraction of sp³-hybridized carbons (Fsp3) is 0.385. The van der Waals surface area contributed by atoms with Gasteiger partial charge in [0.15, 0.2) is 0 Å². The Labute approximate surface area is 88.3 Å². The molecule has 0 unspecified atom stereocenters. The van der Waals surface area contributed by atoms with Crippen molar-refractivity contribution in [3.05, 3.63) is 36.2 Å². The van der Waals surface area contributed by atoms with E-state index >= 15 is 0 Å². The number of nitrogens with zero attached hydrogens (tertiary/aromatic N) is 2. The van der Waals surface area contributed by atoms with Gasteiger partial charge in [-0.1, -0.05) is 24.3 Å². The summed E-state index contributed by atoms with van der Waals surface area (Å²) >= 11 is 0. The van der Waals surface area contributed by atoms with Crippen LogP contribution < -0.4 is 0 Å². The number of hydrogen-bond donors (Lipinski definition) is 0. The summed E-state index contributed by atoms with van der Waals surface area (Å²) < 4.78 is 0. The van der Waals surface area contributed by atoms with E-state index in [0.29, 0.717) is 5.41 Å². The maximum absolute atomic E-state index is 4.39. The van der Waals surface area contributed by atoms with Crippen LogP contribution in [0.5, 0.6) is 0 Å². The molecule has 15 heavy (non-hydrogen) atoms. The van der Waals surface area contributed by atoms with Gasteiger partial charge in [0.05, 0.1) is 11.9 Å². The van der Waals surface area contributed by atoms with Gasteiger partial charge in [0.1, 0.15) is 0 Å². The third kappa shape index (κ3) is 0.851. The second-order valence-corrected chi connectivity index (χ2v) is 5.04. The molecule has 3 fully saturated rings. The van der Waals surface area contributed by atoms with Crippen LogP contribution in [0, 0.1) is 5.92 Å². The third-order valence-electron chi connectivity index (χ3n) is 4.11. The van der Waals surface area contributed by atoms with Crippen LogP contribution in [0.2, 0.25) is 0 Å². The molecule has 2 nitrogen and oxygen atoms in total. The van der Waals surface area contributed by atoms with E-state index in [2.05, 4.69) is 34.5 Å². The van der Waals surface area contributed by atoms with E-state index in [1.165, 1.54) is 35.7 Å². The van der Waals surface area contributed by atoms with E-state index in [1.54, 1.807) is 0 Å². The fourth-order valence-corrected chi connectivity index (χ4v) is 3.19. The van der Waals surface area contributed by atoms with Crippen molar-refractivity contribution in [3.8, 4) is 0 Å². The van der Waals surface area contributed by atoms with Gasteiger partial charge >= 0.3 is 0 Å². The molecule has 0 saturated heterocycles. The minimum Gasteiger partial charge on any atom is -0.158 e. The topological polar surface area (TPSA) is 25.8 Å². The molecule has 1 aromatic heterocycles. The third-order valence-corrected chi connectivity index (χ3v) is 4.11. The van der Waals surface area contributed by atoms with E-state index in [9.17, 15) is 0 Å². The summed E-state index contributed by atoms with van der Waals surface area (Å²) in [4.78, 5) is 0. The van der Waals surface area contributed by atoms with Gasteiger partial charge < -0.3 is 0 Å². The Balaban J connectivity index is 2.00. The van der Waals surface area contributed by atoms with Crippen molar-refractivity contribution in [2.24, 2.45) is 5.92 Å². The molecular formula is C13H12N2. The van der Waals surface area contributed by atoms with Crippen molar-refractivity contribution < 1.29 is 0 Å². The predicted molar refractivity (Wildman–Crippen MR) is 58.6 cm³/mol. The Morgan fingerprint density at radius 1 is 1.13 bits per heavy atom. The normalized spacial score (nSPS) is 32.1. The number of rotatable bonds is 1. The highest BCUT2D eigenvalue weighted by Crippen LogP contribution is 2.65. The van der Waals surface area contributed by atoms with Crippen LogP contribution >= 0.6 is 0 Å². The second kappa shape index (κ2) is 2.38. The summed E-state index contributed by atoms with van der Waals surface area (Å²) in [6.45, 7) is 0. The molecule has 1 heterocycles. The highest BCUT2D eigenvalue weighted by molar-refractivity contribution is 5.84. The van der Waals surface area contributed by atoms with E-state index in [0.717, 1.165) is 5.92 Å². The molecule has 0 aliphatic heterocycles. The molecule has 3 aliphatic carbocycles. The van der Waals surface area contributed by atoms with Crippen molar-refractivity contribution in [2.45, 2.75) is 24.7 Å². The van der Waals surface area contributed by atoms with Gasteiger partial charge in [-0.05, 0) is 25.2 Å². The summed E-state index contributed by atoms with van der Waals surface area (Å²) in [6, 6.07) is 8.47. The van der Waals surface area contributed by atoms with Gasteiger partial charge in [-0.15, -0.1) is 0 Å². The van der Waals surface area contributed by atoms with Crippen molar-refractivity contribution in [2.75, 3.05) is 0 Å². The zero-order valence-electron chi connectivity index (χ0n) is 8.48. The van der Waals surface area contributed by atoms with Crippen molar-refractivity contribution in [1.29, 1.82) is 0 Å². The lowest BCUT2D eigenvalue weighted by molar-refractivity contribution is -0.0301. The van der Waals surface area contributed by atoms with Crippen LogP contribution in [-0.2, 0) is 5.41 Å². The summed E-state index contributed by atoms with van der Waals surface area (Å²) in [5.41, 5.74) is 1.67. The van der Waals surface area contributed by atoms with E-state index < -0.39 is 0 Å². The average Bonchev–Trinajstić information content (AvgIpc) is 2.14. The van der Waals surface area contributed by atoms with Gasteiger partial charge in [0.2, 0.25) is 0 Å².